The molecule has 0 saturated carbocycles. The van der Waals surface area contributed by atoms with Crippen LogP contribution in [0.25, 0.3) is 11.4 Å². The molecule has 4 rings (SSSR count). The molecule has 1 N–H and O–H groups in total. The summed E-state index contributed by atoms with van der Waals surface area (Å²) in [5.74, 6) is 1.08. The van der Waals surface area contributed by atoms with E-state index in [1.807, 2.05) is 31.2 Å². The van der Waals surface area contributed by atoms with Gasteiger partial charge < -0.3 is 19.5 Å². The highest BCUT2D eigenvalue weighted by atomic mass is 16.5. The van der Waals surface area contributed by atoms with Crippen molar-refractivity contribution in [2.45, 2.75) is 44.8 Å². The minimum atomic E-state index is -0.162. The quantitative estimate of drug-likeness (QED) is 0.910. The highest BCUT2D eigenvalue weighted by molar-refractivity contribution is 5.75. The van der Waals surface area contributed by atoms with Gasteiger partial charge in [0.25, 0.3) is 0 Å². The van der Waals surface area contributed by atoms with Crippen LogP contribution in [0.1, 0.15) is 43.2 Å². The van der Waals surface area contributed by atoms with Gasteiger partial charge in [-0.3, -0.25) is 0 Å². The Hall–Kier alpha value is -2.41. The van der Waals surface area contributed by atoms with E-state index in [9.17, 15) is 4.79 Å². The molecule has 2 unspecified atom stereocenters. The van der Waals surface area contributed by atoms with Crippen LogP contribution in [-0.4, -0.2) is 46.9 Å². The first-order valence-corrected chi connectivity index (χ1v) is 9.28. The molecule has 2 aromatic rings. The number of ether oxygens (including phenoxy) is 1. The molecule has 2 saturated heterocycles. The zero-order valence-corrected chi connectivity index (χ0v) is 15.0. The molecule has 0 bridgehead atoms. The Labute approximate surface area is 152 Å². The molecule has 1 aromatic heterocycles. The molecular weight excluding hydrogens is 332 g/mol. The lowest BCUT2D eigenvalue weighted by molar-refractivity contribution is 0.108. The number of benzene rings is 1. The summed E-state index contributed by atoms with van der Waals surface area (Å²) in [4.78, 5) is 19.0. The summed E-state index contributed by atoms with van der Waals surface area (Å²) >= 11 is 0. The molecule has 2 fully saturated rings. The lowest BCUT2D eigenvalue weighted by Crippen LogP contribution is -2.42. The Morgan fingerprint density at radius 2 is 2.19 bits per heavy atom. The zero-order chi connectivity index (χ0) is 17.9. The summed E-state index contributed by atoms with van der Waals surface area (Å²) in [6.45, 7) is 4.06. The van der Waals surface area contributed by atoms with Crippen LogP contribution in [-0.2, 0) is 4.74 Å². The summed E-state index contributed by atoms with van der Waals surface area (Å²) < 4.78 is 11.1. The number of rotatable bonds is 4. The van der Waals surface area contributed by atoms with E-state index in [-0.39, 0.29) is 18.2 Å². The van der Waals surface area contributed by atoms with E-state index in [0.29, 0.717) is 24.8 Å². The Morgan fingerprint density at radius 3 is 3.00 bits per heavy atom. The van der Waals surface area contributed by atoms with Crippen molar-refractivity contribution in [3.05, 3.63) is 35.7 Å². The van der Waals surface area contributed by atoms with Crippen molar-refractivity contribution < 1.29 is 14.1 Å². The minimum Gasteiger partial charge on any atom is -0.376 e. The highest BCUT2D eigenvalue weighted by Crippen LogP contribution is 2.32. The third-order valence-corrected chi connectivity index (χ3v) is 5.13. The van der Waals surface area contributed by atoms with Gasteiger partial charge in [-0.1, -0.05) is 29.4 Å². The molecule has 3 heterocycles. The SMILES string of the molecule is Cc1ccccc1-c1noc(C2CCCN2C(=O)NCC2CCCO2)n1. The van der Waals surface area contributed by atoms with Crippen LogP contribution < -0.4 is 5.32 Å². The fourth-order valence-electron chi connectivity index (χ4n) is 3.68. The lowest BCUT2D eigenvalue weighted by Gasteiger charge is -2.23. The van der Waals surface area contributed by atoms with Crippen molar-refractivity contribution in [1.29, 1.82) is 0 Å². The van der Waals surface area contributed by atoms with Gasteiger partial charge >= 0.3 is 6.03 Å². The second kappa shape index (κ2) is 7.45. The minimum absolute atomic E-state index is 0.0846. The van der Waals surface area contributed by atoms with Gasteiger partial charge in [0.1, 0.15) is 6.04 Å². The maximum absolute atomic E-state index is 12.6. The predicted molar refractivity (Wildman–Crippen MR) is 95.5 cm³/mol. The van der Waals surface area contributed by atoms with E-state index in [2.05, 4.69) is 15.5 Å². The average molecular weight is 356 g/mol. The maximum atomic E-state index is 12.6. The van der Waals surface area contributed by atoms with Crippen molar-refractivity contribution in [2.75, 3.05) is 19.7 Å². The topological polar surface area (TPSA) is 80.5 Å². The molecule has 2 aliphatic heterocycles. The first-order chi connectivity index (χ1) is 12.7. The van der Waals surface area contributed by atoms with Crippen LogP contribution in [0.4, 0.5) is 4.79 Å². The van der Waals surface area contributed by atoms with Crippen LogP contribution >= 0.6 is 0 Å². The summed E-state index contributed by atoms with van der Waals surface area (Å²) in [5.41, 5.74) is 2.05. The molecular formula is C19H24N4O3. The molecule has 26 heavy (non-hydrogen) atoms. The third kappa shape index (κ3) is 3.44. The summed E-state index contributed by atoms with van der Waals surface area (Å²) in [6.07, 6.45) is 3.98. The van der Waals surface area contributed by atoms with Crippen LogP contribution in [0.2, 0.25) is 0 Å². The maximum Gasteiger partial charge on any atom is 0.318 e. The van der Waals surface area contributed by atoms with Gasteiger partial charge in [0.15, 0.2) is 0 Å². The monoisotopic (exact) mass is 356 g/mol. The number of carbonyl (C=O) groups is 1. The van der Waals surface area contributed by atoms with Gasteiger partial charge in [0.05, 0.1) is 6.10 Å². The van der Waals surface area contributed by atoms with Crippen LogP contribution in [0.5, 0.6) is 0 Å². The molecule has 138 valence electrons. The number of amides is 2. The van der Waals surface area contributed by atoms with Crippen molar-refractivity contribution in [2.24, 2.45) is 0 Å². The Bertz CT molecular complexity index is 770. The van der Waals surface area contributed by atoms with Crippen molar-refractivity contribution >= 4 is 6.03 Å². The molecule has 0 aliphatic carbocycles. The van der Waals surface area contributed by atoms with Gasteiger partial charge in [0, 0.05) is 25.3 Å². The molecule has 2 aliphatic rings. The second-order valence-electron chi connectivity index (χ2n) is 6.94. The van der Waals surface area contributed by atoms with E-state index in [1.165, 1.54) is 0 Å². The lowest BCUT2D eigenvalue weighted by atomic mass is 10.1. The van der Waals surface area contributed by atoms with Crippen molar-refractivity contribution in [3.63, 3.8) is 0 Å². The van der Waals surface area contributed by atoms with E-state index >= 15 is 0 Å². The van der Waals surface area contributed by atoms with Crippen molar-refractivity contribution in [1.82, 2.24) is 20.4 Å². The first-order valence-electron chi connectivity index (χ1n) is 9.28. The number of hydrogen-bond donors (Lipinski definition) is 1. The summed E-state index contributed by atoms with van der Waals surface area (Å²) in [5, 5.41) is 7.12. The summed E-state index contributed by atoms with van der Waals surface area (Å²) in [7, 11) is 0. The van der Waals surface area contributed by atoms with E-state index in [0.717, 1.165) is 43.4 Å². The van der Waals surface area contributed by atoms with Crippen LogP contribution in [0.15, 0.2) is 28.8 Å². The van der Waals surface area contributed by atoms with Gasteiger partial charge in [0.2, 0.25) is 11.7 Å². The number of nitrogens with one attached hydrogen (secondary N) is 1. The van der Waals surface area contributed by atoms with Crippen molar-refractivity contribution in [3.8, 4) is 11.4 Å². The van der Waals surface area contributed by atoms with E-state index < -0.39 is 0 Å². The molecule has 2 amide bonds. The Balaban J connectivity index is 1.45. The number of urea groups is 1. The van der Waals surface area contributed by atoms with Crippen LogP contribution in [0, 0.1) is 6.92 Å². The van der Waals surface area contributed by atoms with Gasteiger partial charge in [-0.15, -0.1) is 0 Å². The van der Waals surface area contributed by atoms with Crippen LogP contribution in [0.3, 0.4) is 0 Å². The fourth-order valence-corrected chi connectivity index (χ4v) is 3.68. The number of carbonyl (C=O) groups excluding carboxylic acids is 1. The molecule has 1 aromatic carbocycles. The Morgan fingerprint density at radius 1 is 1.31 bits per heavy atom. The average Bonchev–Trinajstić information content (AvgIpc) is 3.40. The normalized spacial score (nSPS) is 22.7. The fraction of sp³-hybridized carbons (Fsp3) is 0.526. The second-order valence-corrected chi connectivity index (χ2v) is 6.94. The number of nitrogens with zero attached hydrogens (tertiary/aromatic N) is 3. The first kappa shape index (κ1) is 17.0. The van der Waals surface area contributed by atoms with E-state index in [1.54, 1.807) is 4.90 Å². The standard InChI is InChI=1S/C19H24N4O3/c1-13-6-2-3-8-15(13)17-21-18(26-22-17)16-9-4-10-23(16)19(24)20-12-14-7-5-11-25-14/h2-3,6,8,14,16H,4-5,7,9-12H2,1H3,(H,20,24). The molecule has 7 nitrogen and oxygen atoms in total. The number of likely N-dealkylation sites (tertiary alicyclic amines) is 1. The zero-order valence-electron chi connectivity index (χ0n) is 15.0. The highest BCUT2D eigenvalue weighted by Gasteiger charge is 2.34. The largest absolute Gasteiger partial charge is 0.376 e. The van der Waals surface area contributed by atoms with E-state index in [4.69, 9.17) is 9.26 Å². The van der Waals surface area contributed by atoms with Gasteiger partial charge in [-0.25, -0.2) is 4.79 Å². The smallest absolute Gasteiger partial charge is 0.318 e. The molecule has 7 heteroatoms. The van der Waals surface area contributed by atoms with Gasteiger partial charge in [-0.05, 0) is 38.2 Å². The number of hydrogen-bond acceptors (Lipinski definition) is 5. The number of aromatic nitrogens is 2. The number of aryl methyl sites for hydroxylation is 1. The third-order valence-electron chi connectivity index (χ3n) is 5.13. The van der Waals surface area contributed by atoms with Gasteiger partial charge in [-0.2, -0.15) is 4.98 Å². The predicted octanol–water partition coefficient (Wildman–Crippen LogP) is 3.07. The summed E-state index contributed by atoms with van der Waals surface area (Å²) in [6, 6.07) is 7.69. The molecule has 2 atom stereocenters. The Kier molecular flexibility index (Phi) is 4.88. The molecule has 0 spiro atoms. The molecule has 0 radical (unpaired) electrons.